The van der Waals surface area contributed by atoms with Crippen LogP contribution in [0.1, 0.15) is 12.8 Å². The van der Waals surface area contributed by atoms with Gasteiger partial charge in [0.1, 0.15) is 0 Å². The molecule has 2 aromatic carbocycles. The minimum Gasteiger partial charge on any atom is -0.313 e. The number of hydrogen-bond donors (Lipinski definition) is 2. The fraction of sp³-hybridized carbons (Fsp3) is 0.333. The minimum absolute atomic E-state index is 0.246. The van der Waals surface area contributed by atoms with Gasteiger partial charge in [-0.3, -0.25) is 0 Å². The van der Waals surface area contributed by atoms with Crippen molar-refractivity contribution >= 4 is 36.7 Å². The van der Waals surface area contributed by atoms with E-state index in [0.717, 1.165) is 34.6 Å². The van der Waals surface area contributed by atoms with Gasteiger partial charge in [-0.15, -0.1) is 0 Å². The summed E-state index contributed by atoms with van der Waals surface area (Å²) in [6.07, 6.45) is 2.13. The average molecular weight is 369 g/mol. The smallest absolute Gasteiger partial charge is 0.240 e. The number of sulfonamides is 1. The molecule has 0 aliphatic carbocycles. The van der Waals surface area contributed by atoms with Crippen molar-refractivity contribution in [2.45, 2.75) is 23.8 Å². The zero-order chi connectivity index (χ0) is 14.9. The van der Waals surface area contributed by atoms with Gasteiger partial charge in [0.15, 0.2) is 0 Å². The van der Waals surface area contributed by atoms with Crippen LogP contribution in [0.15, 0.2) is 45.8 Å². The highest BCUT2D eigenvalue weighted by Gasteiger charge is 2.19. The summed E-state index contributed by atoms with van der Waals surface area (Å²) in [5.74, 6) is 0. The summed E-state index contributed by atoms with van der Waals surface area (Å²) in [7, 11) is -3.45. The number of nitrogens with one attached hydrogen (secondary N) is 2. The van der Waals surface area contributed by atoms with E-state index in [2.05, 4.69) is 26.0 Å². The molecule has 3 rings (SSSR count). The molecule has 1 heterocycles. The van der Waals surface area contributed by atoms with Crippen LogP contribution >= 0.6 is 15.9 Å². The van der Waals surface area contributed by atoms with E-state index >= 15 is 0 Å². The molecule has 21 heavy (non-hydrogen) atoms. The molecular formula is C15H17BrN2O2S. The summed E-state index contributed by atoms with van der Waals surface area (Å²) < 4.78 is 28.4. The van der Waals surface area contributed by atoms with E-state index in [1.165, 1.54) is 0 Å². The minimum atomic E-state index is -3.45. The first-order chi connectivity index (χ1) is 10.0. The van der Waals surface area contributed by atoms with Gasteiger partial charge in [-0.05, 0) is 54.4 Å². The summed E-state index contributed by atoms with van der Waals surface area (Å²) in [5.41, 5.74) is 0. The number of halogens is 1. The quantitative estimate of drug-likeness (QED) is 0.871. The Morgan fingerprint density at radius 2 is 1.95 bits per heavy atom. The Balaban J connectivity index is 1.82. The zero-order valence-electron chi connectivity index (χ0n) is 11.5. The largest absolute Gasteiger partial charge is 0.313 e. The van der Waals surface area contributed by atoms with E-state index in [-0.39, 0.29) is 6.04 Å². The van der Waals surface area contributed by atoms with Crippen molar-refractivity contribution in [3.05, 3.63) is 40.9 Å². The van der Waals surface area contributed by atoms with E-state index in [1.54, 1.807) is 12.1 Å². The molecule has 0 saturated carbocycles. The second-order valence-corrected chi connectivity index (χ2v) is 7.98. The van der Waals surface area contributed by atoms with Gasteiger partial charge in [0.2, 0.25) is 10.0 Å². The van der Waals surface area contributed by atoms with Gasteiger partial charge in [-0.25, -0.2) is 13.1 Å². The highest BCUT2D eigenvalue weighted by Crippen LogP contribution is 2.22. The zero-order valence-corrected chi connectivity index (χ0v) is 13.9. The second-order valence-electron chi connectivity index (χ2n) is 5.30. The van der Waals surface area contributed by atoms with Gasteiger partial charge < -0.3 is 5.32 Å². The summed E-state index contributed by atoms with van der Waals surface area (Å²) in [4.78, 5) is 0.315. The summed E-state index contributed by atoms with van der Waals surface area (Å²) in [6.45, 7) is 1.41. The molecule has 4 nitrogen and oxygen atoms in total. The van der Waals surface area contributed by atoms with Gasteiger partial charge in [0.05, 0.1) is 4.90 Å². The van der Waals surface area contributed by atoms with Gasteiger partial charge >= 0.3 is 0 Å². The molecule has 0 aromatic heterocycles. The summed E-state index contributed by atoms with van der Waals surface area (Å²) >= 11 is 3.42. The van der Waals surface area contributed by atoms with Gasteiger partial charge in [-0.2, -0.15) is 0 Å². The monoisotopic (exact) mass is 368 g/mol. The lowest BCUT2D eigenvalue weighted by Crippen LogP contribution is -2.37. The maximum Gasteiger partial charge on any atom is 0.240 e. The second kappa shape index (κ2) is 6.04. The first kappa shape index (κ1) is 15.0. The lowest BCUT2D eigenvalue weighted by atomic mass is 10.1. The molecule has 6 heteroatoms. The molecule has 0 amide bonds. The van der Waals surface area contributed by atoms with Crippen LogP contribution in [0.5, 0.6) is 0 Å². The van der Waals surface area contributed by atoms with Crippen molar-refractivity contribution in [2.75, 3.05) is 13.1 Å². The highest BCUT2D eigenvalue weighted by molar-refractivity contribution is 9.10. The molecule has 1 aliphatic heterocycles. The predicted molar refractivity (Wildman–Crippen MR) is 87.9 cm³/mol. The molecule has 112 valence electrons. The number of hydrogen-bond acceptors (Lipinski definition) is 3. The first-order valence-electron chi connectivity index (χ1n) is 6.97. The highest BCUT2D eigenvalue weighted by atomic mass is 79.9. The Morgan fingerprint density at radius 3 is 2.71 bits per heavy atom. The standard InChI is InChI=1S/C15H17BrN2O2S/c16-13-5-3-12-9-15(6-4-11(12)8-13)21(19,20)18-10-14-2-1-7-17-14/h3-6,8-9,14,17-18H,1-2,7,10H2. The van der Waals surface area contributed by atoms with E-state index in [4.69, 9.17) is 0 Å². The van der Waals surface area contributed by atoms with Crippen LogP contribution in [-0.4, -0.2) is 27.5 Å². The molecule has 1 fully saturated rings. The maximum absolute atomic E-state index is 12.4. The third-order valence-electron chi connectivity index (χ3n) is 3.77. The van der Waals surface area contributed by atoms with Gasteiger partial charge in [-0.1, -0.05) is 28.1 Å². The third-order valence-corrected chi connectivity index (χ3v) is 5.68. The van der Waals surface area contributed by atoms with E-state index in [9.17, 15) is 8.42 Å². The fourth-order valence-corrected chi connectivity index (χ4v) is 4.08. The molecule has 0 radical (unpaired) electrons. The first-order valence-corrected chi connectivity index (χ1v) is 9.25. The van der Waals surface area contributed by atoms with E-state index < -0.39 is 10.0 Å². The number of benzene rings is 2. The number of rotatable bonds is 4. The SMILES string of the molecule is O=S(=O)(NCC1CCCN1)c1ccc2cc(Br)ccc2c1. The molecule has 2 aromatic rings. The van der Waals surface area contributed by atoms with Crippen molar-refractivity contribution in [1.82, 2.24) is 10.0 Å². The predicted octanol–water partition coefficient (Wildman–Crippen LogP) is 2.63. The molecule has 1 atom stereocenters. The van der Waals surface area contributed by atoms with E-state index in [1.807, 2.05) is 24.3 Å². The van der Waals surface area contributed by atoms with Crippen molar-refractivity contribution in [1.29, 1.82) is 0 Å². The van der Waals surface area contributed by atoms with Crippen LogP contribution in [0.25, 0.3) is 10.8 Å². The number of fused-ring (bicyclic) bond motifs is 1. The molecule has 1 saturated heterocycles. The van der Waals surface area contributed by atoms with Crippen LogP contribution in [0.2, 0.25) is 0 Å². The Bertz CT molecular complexity index is 755. The van der Waals surface area contributed by atoms with Crippen LogP contribution < -0.4 is 10.0 Å². The van der Waals surface area contributed by atoms with Crippen LogP contribution in [-0.2, 0) is 10.0 Å². The fourth-order valence-electron chi connectivity index (χ4n) is 2.59. The third kappa shape index (κ3) is 3.45. The summed E-state index contributed by atoms with van der Waals surface area (Å²) in [5, 5.41) is 5.22. The lowest BCUT2D eigenvalue weighted by Gasteiger charge is -2.12. The molecule has 0 bridgehead atoms. The van der Waals surface area contributed by atoms with Crippen molar-refractivity contribution in [3.63, 3.8) is 0 Å². The van der Waals surface area contributed by atoms with Crippen LogP contribution in [0.3, 0.4) is 0 Å². The summed E-state index contributed by atoms with van der Waals surface area (Å²) in [6, 6.07) is 11.2. The molecule has 1 aliphatic rings. The Morgan fingerprint density at radius 1 is 1.19 bits per heavy atom. The topological polar surface area (TPSA) is 58.2 Å². The van der Waals surface area contributed by atoms with Crippen molar-refractivity contribution in [3.8, 4) is 0 Å². The molecule has 2 N–H and O–H groups in total. The van der Waals surface area contributed by atoms with Crippen LogP contribution in [0, 0.1) is 0 Å². The van der Waals surface area contributed by atoms with Crippen LogP contribution in [0.4, 0.5) is 0 Å². The Kier molecular flexibility index (Phi) is 4.31. The van der Waals surface area contributed by atoms with Crippen molar-refractivity contribution in [2.24, 2.45) is 0 Å². The Labute approximate surface area is 133 Å². The van der Waals surface area contributed by atoms with E-state index in [0.29, 0.717) is 11.4 Å². The van der Waals surface area contributed by atoms with Gasteiger partial charge in [0, 0.05) is 17.1 Å². The van der Waals surface area contributed by atoms with Gasteiger partial charge in [0.25, 0.3) is 0 Å². The molecule has 1 unspecified atom stereocenters. The Hall–Kier alpha value is -0.950. The van der Waals surface area contributed by atoms with Crippen molar-refractivity contribution < 1.29 is 8.42 Å². The molecular weight excluding hydrogens is 352 g/mol. The molecule has 0 spiro atoms. The maximum atomic E-state index is 12.4. The average Bonchev–Trinajstić information content (AvgIpc) is 2.98. The normalized spacial score (nSPS) is 19.2. The lowest BCUT2D eigenvalue weighted by molar-refractivity contribution is 0.552.